The van der Waals surface area contributed by atoms with Gasteiger partial charge in [0.1, 0.15) is 23.9 Å². The van der Waals surface area contributed by atoms with Crippen LogP contribution in [-0.2, 0) is 33.2 Å². The van der Waals surface area contributed by atoms with Crippen molar-refractivity contribution >= 4 is 11.9 Å². The molecule has 5 saturated carbocycles. The molecule has 57 heavy (non-hydrogen) atoms. The summed E-state index contributed by atoms with van der Waals surface area (Å²) in [4.78, 5) is 30.9. The van der Waals surface area contributed by atoms with Crippen LogP contribution in [-0.4, -0.2) is 123 Å². The van der Waals surface area contributed by atoms with Crippen LogP contribution < -0.4 is 0 Å². The lowest BCUT2D eigenvalue weighted by Crippen LogP contribution is -2.80. The van der Waals surface area contributed by atoms with Gasteiger partial charge in [0.2, 0.25) is 0 Å². The molecule has 7 bridgehead atoms. The van der Waals surface area contributed by atoms with Gasteiger partial charge in [0, 0.05) is 76.0 Å². The largest absolute Gasteiger partial charge is 0.455 e. The Kier molecular flexibility index (Phi) is 13.2. The zero-order valence-electron chi connectivity index (χ0n) is 35.5. The fourth-order valence-corrected chi connectivity index (χ4v) is 14.4. The minimum absolute atomic E-state index is 0.108. The average Bonchev–Trinajstić information content (AvgIpc) is 3.60. The van der Waals surface area contributed by atoms with Crippen LogP contribution in [0.25, 0.3) is 0 Å². The quantitative estimate of drug-likeness (QED) is 0.106. The van der Waals surface area contributed by atoms with Crippen molar-refractivity contribution in [1.82, 2.24) is 4.90 Å². The lowest BCUT2D eigenvalue weighted by Gasteiger charge is -2.69. The van der Waals surface area contributed by atoms with Gasteiger partial charge < -0.3 is 43.5 Å². The van der Waals surface area contributed by atoms with Crippen LogP contribution in [0, 0.1) is 34.5 Å². The Labute approximate surface area is 340 Å². The number of likely N-dealkylation sites (tertiary alicyclic amines) is 1. The average molecular weight is 798 g/mol. The Morgan fingerprint density at radius 2 is 1.49 bits per heavy atom. The van der Waals surface area contributed by atoms with Gasteiger partial charge in [-0.05, 0) is 50.8 Å². The summed E-state index contributed by atoms with van der Waals surface area (Å²) in [5.74, 6) is -2.78. The van der Waals surface area contributed by atoms with Crippen molar-refractivity contribution in [3.8, 4) is 0 Å². The molecule has 0 radical (unpaired) electrons. The van der Waals surface area contributed by atoms with E-state index in [4.69, 9.17) is 28.4 Å². The van der Waals surface area contributed by atoms with Crippen molar-refractivity contribution in [2.24, 2.45) is 34.5 Å². The number of esters is 2. The number of ether oxygens (including phenoxy) is 6. The molecule has 6 aliphatic rings. The molecule has 1 aromatic rings. The zero-order valence-corrected chi connectivity index (χ0v) is 35.5. The summed E-state index contributed by atoms with van der Waals surface area (Å²) in [6, 6.07) is 8.52. The number of unbranched alkanes of at least 4 members (excludes halogenated alkanes) is 11. The molecule has 1 spiro atoms. The predicted molar refractivity (Wildman–Crippen MR) is 214 cm³/mol. The molecule has 320 valence electrons. The number of aliphatic hydroxyl groups excluding tert-OH is 1. The molecule has 14 atom stereocenters. The Hall–Kier alpha value is -2.12. The number of methoxy groups -OCH3 is 4. The first-order valence-electron chi connectivity index (χ1n) is 22.2. The molecule has 1 aliphatic heterocycles. The van der Waals surface area contributed by atoms with Crippen LogP contribution in [0.15, 0.2) is 30.3 Å². The molecule has 5 aliphatic carbocycles. The molecule has 11 heteroatoms. The molecule has 0 amide bonds. The lowest BCUT2D eigenvalue weighted by molar-refractivity contribution is -0.317. The highest BCUT2D eigenvalue weighted by atomic mass is 16.6. The number of hydrogen-bond acceptors (Lipinski definition) is 11. The van der Waals surface area contributed by atoms with Crippen molar-refractivity contribution < 1.29 is 48.2 Å². The van der Waals surface area contributed by atoms with Crippen LogP contribution in [0.3, 0.4) is 0 Å². The molecular formula is C46H71NO10. The SMILES string of the molecule is CCCCCCCCCCCCCCC(=O)O[C@]12[C@H]3[C@@H](OC(=O)c4ccccc4)[C@](O)(C[C@H]3[C@@]34C5[C@@H]1[C@H](OC)[C@@H]3[C@@](COC)(CC[C@@H]4OC)CN5C)[C@@H](OC)[C@@H]2O. The number of fused-ring (bicyclic) bond motifs is 2. The minimum Gasteiger partial charge on any atom is -0.455 e. The molecular weight excluding hydrogens is 727 g/mol. The molecule has 2 N–H and O–H groups in total. The first-order chi connectivity index (χ1) is 27.6. The first-order valence-corrected chi connectivity index (χ1v) is 22.2. The van der Waals surface area contributed by atoms with Crippen LogP contribution in [0.4, 0.5) is 0 Å². The second kappa shape index (κ2) is 17.5. The van der Waals surface area contributed by atoms with Gasteiger partial charge in [-0.15, -0.1) is 0 Å². The maximum atomic E-state index is 14.4. The maximum absolute atomic E-state index is 14.4. The van der Waals surface area contributed by atoms with E-state index in [0.717, 1.165) is 38.6 Å². The summed E-state index contributed by atoms with van der Waals surface area (Å²) in [5.41, 5.74) is -3.96. The Morgan fingerprint density at radius 3 is 2.09 bits per heavy atom. The summed E-state index contributed by atoms with van der Waals surface area (Å²) < 4.78 is 38.8. The third kappa shape index (κ3) is 6.72. The van der Waals surface area contributed by atoms with Crippen molar-refractivity contribution in [3.05, 3.63) is 35.9 Å². The Balaban J connectivity index is 1.23. The van der Waals surface area contributed by atoms with Crippen molar-refractivity contribution in [1.29, 1.82) is 0 Å². The van der Waals surface area contributed by atoms with Gasteiger partial charge in [0.05, 0.1) is 24.4 Å². The maximum Gasteiger partial charge on any atom is 0.338 e. The first kappa shape index (κ1) is 43.0. The number of carbonyl (C=O) groups excluding carboxylic acids is 2. The van der Waals surface area contributed by atoms with Gasteiger partial charge in [-0.3, -0.25) is 4.79 Å². The highest BCUT2D eigenvalue weighted by Gasteiger charge is 2.91. The summed E-state index contributed by atoms with van der Waals surface area (Å²) in [6.07, 6.45) is 11.7. The van der Waals surface area contributed by atoms with E-state index in [2.05, 4.69) is 18.9 Å². The van der Waals surface area contributed by atoms with Gasteiger partial charge in [-0.25, -0.2) is 4.79 Å². The number of benzene rings is 1. The molecule has 1 unspecified atom stereocenters. The monoisotopic (exact) mass is 798 g/mol. The van der Waals surface area contributed by atoms with E-state index in [1.54, 1.807) is 45.6 Å². The summed E-state index contributed by atoms with van der Waals surface area (Å²) >= 11 is 0. The Morgan fingerprint density at radius 1 is 0.842 bits per heavy atom. The number of aliphatic hydroxyl groups is 2. The molecule has 6 fully saturated rings. The van der Waals surface area contributed by atoms with Crippen molar-refractivity contribution in [2.45, 2.75) is 157 Å². The van der Waals surface area contributed by atoms with E-state index in [-0.39, 0.29) is 42.2 Å². The standard InChI is InChI=1S/C46H71NO10/c1-7-8-9-10-11-12-13-14-15-16-17-21-24-33(48)57-46-34-31(27-44(51,41(55-6)39(46)49)40(34)56-42(50)30-22-19-18-20-23-30)45-32(53-4)25-26-43(29-52-3)28-47(2)38(45)35(46)36(54-5)37(43)45/h18-20,22-23,31-32,34-41,49,51H,7-17,21,24-29H2,1-6H3/t31-,32+,34-,35+,36+,37-,38?,39+,40-,41+,43+,44-,45+,46-/m1/s1. The van der Waals surface area contributed by atoms with Crippen LogP contribution in [0.1, 0.15) is 120 Å². The van der Waals surface area contributed by atoms with Crippen LogP contribution in [0.5, 0.6) is 0 Å². The van der Waals surface area contributed by atoms with E-state index >= 15 is 0 Å². The zero-order chi connectivity index (χ0) is 40.6. The van der Waals surface area contributed by atoms with Gasteiger partial charge in [-0.2, -0.15) is 0 Å². The number of hydrogen-bond donors (Lipinski definition) is 2. The molecule has 7 rings (SSSR count). The molecule has 0 aromatic heterocycles. The molecule has 11 nitrogen and oxygen atoms in total. The van der Waals surface area contributed by atoms with Gasteiger partial charge >= 0.3 is 11.9 Å². The fourth-order valence-electron chi connectivity index (χ4n) is 14.4. The summed E-state index contributed by atoms with van der Waals surface area (Å²) in [5, 5.41) is 25.9. The lowest BCUT2D eigenvalue weighted by atomic mass is 9.43. The summed E-state index contributed by atoms with van der Waals surface area (Å²) in [6.45, 7) is 3.49. The van der Waals surface area contributed by atoms with Gasteiger partial charge in [0.25, 0.3) is 0 Å². The number of rotatable bonds is 21. The number of carbonyl (C=O) groups is 2. The van der Waals surface area contributed by atoms with Crippen LogP contribution >= 0.6 is 0 Å². The van der Waals surface area contributed by atoms with E-state index in [1.807, 2.05) is 6.07 Å². The Bertz CT molecular complexity index is 1530. The fraction of sp³-hybridized carbons (Fsp3) is 0.826. The highest BCUT2D eigenvalue weighted by molar-refractivity contribution is 5.89. The molecule has 1 aromatic carbocycles. The minimum atomic E-state index is -1.77. The van der Waals surface area contributed by atoms with Crippen molar-refractivity contribution in [3.63, 3.8) is 0 Å². The van der Waals surface area contributed by atoms with Gasteiger partial charge in [-0.1, -0.05) is 95.8 Å². The van der Waals surface area contributed by atoms with E-state index in [9.17, 15) is 19.8 Å². The second-order valence-corrected chi connectivity index (χ2v) is 18.7. The third-order valence-corrected chi connectivity index (χ3v) is 16.0. The molecule has 1 heterocycles. The van der Waals surface area contributed by atoms with Gasteiger partial charge in [0.15, 0.2) is 5.60 Å². The molecule has 1 saturated heterocycles. The van der Waals surface area contributed by atoms with E-state index in [0.29, 0.717) is 18.6 Å². The van der Waals surface area contributed by atoms with E-state index < -0.39 is 64.8 Å². The third-order valence-electron chi connectivity index (χ3n) is 16.0. The second-order valence-electron chi connectivity index (χ2n) is 18.7. The summed E-state index contributed by atoms with van der Waals surface area (Å²) in [7, 11) is 8.81. The number of piperidine rings is 1. The normalized spacial score (nSPS) is 41.3. The topological polar surface area (TPSA) is 133 Å². The number of nitrogens with zero attached hydrogens (tertiary/aromatic N) is 1. The van der Waals surface area contributed by atoms with Crippen LogP contribution in [0.2, 0.25) is 0 Å². The smallest absolute Gasteiger partial charge is 0.338 e. The highest BCUT2D eigenvalue weighted by Crippen LogP contribution is 2.80. The van der Waals surface area contributed by atoms with Crippen molar-refractivity contribution in [2.75, 3.05) is 48.6 Å². The predicted octanol–water partition coefficient (Wildman–Crippen LogP) is 6.36. The van der Waals surface area contributed by atoms with E-state index in [1.165, 1.54) is 58.5 Å².